The maximum Gasteiger partial charge on any atom is 0.246 e. The smallest absolute Gasteiger partial charge is 0.246 e. The Morgan fingerprint density at radius 3 is 2.74 bits per heavy atom. The predicted molar refractivity (Wildman–Crippen MR) is 132 cm³/mol. The number of carbonyl (C=O) groups is 1. The quantitative estimate of drug-likeness (QED) is 0.621. The lowest BCUT2D eigenvalue weighted by Gasteiger charge is -2.38. The first kappa shape index (κ1) is 21.5. The largest absolute Gasteiger partial charge is 0.495 e. The molecule has 6 rings (SSSR count). The Hall–Kier alpha value is -3.07. The van der Waals surface area contributed by atoms with Gasteiger partial charge in [0.05, 0.1) is 12.8 Å². The number of anilines is 4. The number of hydrogen-bond acceptors (Lipinski definition) is 8. The van der Waals surface area contributed by atoms with Crippen molar-refractivity contribution < 1.29 is 9.53 Å². The highest BCUT2D eigenvalue weighted by atomic mass is 16.5. The Bertz CT molecular complexity index is 1080. The minimum atomic E-state index is -0.501. The summed E-state index contributed by atoms with van der Waals surface area (Å²) in [6.45, 7) is 4.60. The van der Waals surface area contributed by atoms with E-state index in [0.717, 1.165) is 80.5 Å². The van der Waals surface area contributed by atoms with E-state index in [-0.39, 0.29) is 5.91 Å². The molecular weight excluding hydrogens is 430 g/mol. The highest BCUT2D eigenvalue weighted by molar-refractivity contribution is 5.94. The Morgan fingerprint density at radius 1 is 1.18 bits per heavy atom. The third-order valence-corrected chi connectivity index (χ3v) is 7.84. The number of nitrogens with one attached hydrogen (secondary N) is 3. The molecule has 1 spiro atoms. The van der Waals surface area contributed by atoms with E-state index in [2.05, 4.69) is 42.9 Å². The van der Waals surface area contributed by atoms with Gasteiger partial charge in [-0.3, -0.25) is 4.79 Å². The van der Waals surface area contributed by atoms with Gasteiger partial charge in [-0.1, -0.05) is 12.8 Å². The molecule has 0 radical (unpaired) electrons. The van der Waals surface area contributed by atoms with Crippen LogP contribution in [0.5, 0.6) is 5.75 Å². The van der Waals surface area contributed by atoms with Crippen LogP contribution in [0.4, 0.5) is 23.1 Å². The van der Waals surface area contributed by atoms with Gasteiger partial charge < -0.3 is 30.5 Å². The molecule has 1 aromatic carbocycles. The Balaban J connectivity index is 1.29. The summed E-state index contributed by atoms with van der Waals surface area (Å²) in [5, 5.41) is 9.84. The summed E-state index contributed by atoms with van der Waals surface area (Å²) in [7, 11) is 1.71. The molecule has 0 bridgehead atoms. The van der Waals surface area contributed by atoms with Crippen molar-refractivity contribution in [2.75, 3.05) is 55.0 Å². The van der Waals surface area contributed by atoms with Crippen LogP contribution in [0, 0.1) is 0 Å². The van der Waals surface area contributed by atoms with E-state index >= 15 is 0 Å². The summed E-state index contributed by atoms with van der Waals surface area (Å²) in [4.78, 5) is 27.3. The van der Waals surface area contributed by atoms with Crippen LogP contribution >= 0.6 is 0 Å². The zero-order valence-corrected chi connectivity index (χ0v) is 19.8. The fourth-order valence-corrected chi connectivity index (χ4v) is 6.19. The van der Waals surface area contributed by atoms with Gasteiger partial charge in [0, 0.05) is 68.7 Å². The van der Waals surface area contributed by atoms with Gasteiger partial charge in [0.2, 0.25) is 11.9 Å². The number of carbonyl (C=O) groups excluding carboxylic acids is 1. The number of methoxy groups -OCH3 is 1. The highest BCUT2D eigenvalue weighted by Gasteiger charge is 2.55. The fraction of sp³-hybridized carbons (Fsp3) is 0.560. The summed E-state index contributed by atoms with van der Waals surface area (Å²) >= 11 is 0. The molecule has 3 aliphatic heterocycles. The lowest BCUT2D eigenvalue weighted by atomic mass is 9.91. The van der Waals surface area contributed by atoms with Crippen LogP contribution in [0.2, 0.25) is 0 Å². The van der Waals surface area contributed by atoms with E-state index in [1.54, 1.807) is 7.11 Å². The first-order chi connectivity index (χ1) is 16.7. The van der Waals surface area contributed by atoms with Crippen molar-refractivity contribution in [3.63, 3.8) is 0 Å². The minimum Gasteiger partial charge on any atom is -0.495 e. The standard InChI is InChI=1S/C25H33N7O2/c1-34-21-14-18(6-7-20(21)31-12-10-26-11-13-31)29-24-28-16-17-15-25(8-9-27-23(25)33)32(22(17)30-24)19-4-2-3-5-19/h6-7,14,16,19,26H,2-5,8-13,15H2,1H3,(H,27,33)(H,28,29,30). The van der Waals surface area contributed by atoms with Crippen molar-refractivity contribution in [2.45, 2.75) is 50.1 Å². The van der Waals surface area contributed by atoms with Crippen LogP contribution in [0.3, 0.4) is 0 Å². The molecule has 1 aromatic heterocycles. The maximum absolute atomic E-state index is 13.0. The molecular formula is C25H33N7O2. The van der Waals surface area contributed by atoms with Crippen molar-refractivity contribution in [3.8, 4) is 5.75 Å². The van der Waals surface area contributed by atoms with E-state index in [0.29, 0.717) is 18.4 Å². The average molecular weight is 464 g/mol. The van der Waals surface area contributed by atoms with E-state index in [1.807, 2.05) is 12.3 Å². The monoisotopic (exact) mass is 463 g/mol. The van der Waals surface area contributed by atoms with E-state index in [9.17, 15) is 4.79 Å². The van der Waals surface area contributed by atoms with Crippen molar-refractivity contribution in [3.05, 3.63) is 30.0 Å². The number of aromatic nitrogens is 2. The third kappa shape index (κ3) is 3.53. The number of nitrogens with zero attached hydrogens (tertiary/aromatic N) is 4. The SMILES string of the molecule is COc1cc(Nc2ncc3c(n2)N(C2CCCC2)C2(CCNC2=O)C3)ccc1N1CCNCC1. The minimum absolute atomic E-state index is 0.139. The number of ether oxygens (including phenoxy) is 1. The molecule has 4 aliphatic rings. The molecule has 2 saturated heterocycles. The Labute approximate surface area is 200 Å². The van der Waals surface area contributed by atoms with Crippen LogP contribution in [0.25, 0.3) is 0 Å². The zero-order chi connectivity index (χ0) is 23.1. The molecule has 1 aliphatic carbocycles. The lowest BCUT2D eigenvalue weighted by molar-refractivity contribution is -0.123. The number of piperazine rings is 1. The van der Waals surface area contributed by atoms with Crippen LogP contribution < -0.4 is 30.5 Å². The van der Waals surface area contributed by atoms with Crippen LogP contribution in [0.1, 0.15) is 37.7 Å². The van der Waals surface area contributed by atoms with Crippen LogP contribution in [-0.2, 0) is 11.2 Å². The van der Waals surface area contributed by atoms with Crippen molar-refractivity contribution in [1.29, 1.82) is 0 Å². The molecule has 9 nitrogen and oxygen atoms in total. The van der Waals surface area contributed by atoms with E-state index in [1.165, 1.54) is 12.8 Å². The Morgan fingerprint density at radius 2 is 2.00 bits per heavy atom. The van der Waals surface area contributed by atoms with Gasteiger partial charge in [-0.05, 0) is 31.4 Å². The van der Waals surface area contributed by atoms with Crippen LogP contribution in [-0.4, -0.2) is 67.3 Å². The second kappa shape index (κ2) is 8.61. The highest BCUT2D eigenvalue weighted by Crippen LogP contribution is 2.46. The van der Waals surface area contributed by atoms with Gasteiger partial charge in [0.15, 0.2) is 0 Å². The molecule has 4 heterocycles. The molecule has 1 atom stereocenters. The number of benzene rings is 1. The fourth-order valence-electron chi connectivity index (χ4n) is 6.19. The molecule has 34 heavy (non-hydrogen) atoms. The summed E-state index contributed by atoms with van der Waals surface area (Å²) in [5.74, 6) is 2.45. The van der Waals surface area contributed by atoms with E-state index in [4.69, 9.17) is 9.72 Å². The number of fused-ring (bicyclic) bond motifs is 1. The molecule has 1 saturated carbocycles. The molecule has 1 unspecified atom stereocenters. The average Bonchev–Trinajstić information content (AvgIpc) is 3.59. The topological polar surface area (TPSA) is 94.6 Å². The first-order valence-corrected chi connectivity index (χ1v) is 12.5. The van der Waals surface area contributed by atoms with Gasteiger partial charge in [-0.15, -0.1) is 0 Å². The second-order valence-corrected chi connectivity index (χ2v) is 9.81. The zero-order valence-electron chi connectivity index (χ0n) is 19.8. The van der Waals surface area contributed by atoms with Gasteiger partial charge in [-0.2, -0.15) is 4.98 Å². The second-order valence-electron chi connectivity index (χ2n) is 9.81. The molecule has 3 N–H and O–H groups in total. The van der Waals surface area contributed by atoms with Crippen molar-refractivity contribution >= 4 is 29.0 Å². The summed E-state index contributed by atoms with van der Waals surface area (Å²) in [6, 6.07) is 6.53. The number of hydrogen-bond donors (Lipinski definition) is 3. The molecule has 180 valence electrons. The van der Waals surface area contributed by atoms with Crippen molar-refractivity contribution in [1.82, 2.24) is 20.6 Å². The Kier molecular flexibility index (Phi) is 5.44. The summed E-state index contributed by atoms with van der Waals surface area (Å²) < 4.78 is 5.72. The predicted octanol–water partition coefficient (Wildman–Crippen LogP) is 2.20. The van der Waals surface area contributed by atoms with Gasteiger partial charge >= 0.3 is 0 Å². The third-order valence-electron chi connectivity index (χ3n) is 7.84. The van der Waals surface area contributed by atoms with Gasteiger partial charge in [0.25, 0.3) is 0 Å². The van der Waals surface area contributed by atoms with Crippen molar-refractivity contribution in [2.24, 2.45) is 0 Å². The van der Waals surface area contributed by atoms with Gasteiger partial charge in [0.1, 0.15) is 17.1 Å². The summed E-state index contributed by atoms with van der Waals surface area (Å²) in [5.41, 5.74) is 2.56. The van der Waals surface area contributed by atoms with E-state index < -0.39 is 5.54 Å². The van der Waals surface area contributed by atoms with Gasteiger partial charge in [-0.25, -0.2) is 4.98 Å². The normalized spacial score (nSPS) is 24.6. The number of amides is 1. The summed E-state index contributed by atoms with van der Waals surface area (Å²) in [6.07, 6.45) is 8.08. The molecule has 1 amide bonds. The molecule has 2 aromatic rings. The number of rotatable bonds is 5. The maximum atomic E-state index is 13.0. The molecule has 9 heteroatoms. The molecule has 3 fully saturated rings. The van der Waals surface area contributed by atoms with Crippen LogP contribution in [0.15, 0.2) is 24.4 Å². The first-order valence-electron chi connectivity index (χ1n) is 12.5. The lowest BCUT2D eigenvalue weighted by Crippen LogP contribution is -2.56.